The minimum absolute atomic E-state index is 0.176. The highest BCUT2D eigenvalue weighted by atomic mass is 32.2. The SMILES string of the molecule is Cc1cc(C)nc(SCC(=O)NC(C)c2ccccc2NS(C)(=O)=O)n1. The highest BCUT2D eigenvalue weighted by Crippen LogP contribution is 2.23. The number of amides is 1. The smallest absolute Gasteiger partial charge is 0.230 e. The van der Waals surface area contributed by atoms with Gasteiger partial charge in [-0.15, -0.1) is 0 Å². The number of sulfonamides is 1. The molecule has 140 valence electrons. The lowest BCUT2D eigenvalue weighted by atomic mass is 10.1. The van der Waals surface area contributed by atoms with Gasteiger partial charge in [-0.3, -0.25) is 9.52 Å². The van der Waals surface area contributed by atoms with E-state index in [1.54, 1.807) is 31.2 Å². The van der Waals surface area contributed by atoms with Gasteiger partial charge in [0.1, 0.15) is 0 Å². The van der Waals surface area contributed by atoms with Crippen LogP contribution in [0.3, 0.4) is 0 Å². The zero-order chi connectivity index (χ0) is 19.3. The first-order valence-electron chi connectivity index (χ1n) is 7.95. The van der Waals surface area contributed by atoms with Crippen LogP contribution >= 0.6 is 11.8 Å². The highest BCUT2D eigenvalue weighted by molar-refractivity contribution is 7.99. The number of aryl methyl sites for hydroxylation is 2. The summed E-state index contributed by atoms with van der Waals surface area (Å²) in [6.45, 7) is 5.57. The summed E-state index contributed by atoms with van der Waals surface area (Å²) in [5.74, 6) is -0.00559. The molecule has 0 spiro atoms. The van der Waals surface area contributed by atoms with Crippen molar-refractivity contribution >= 4 is 33.4 Å². The molecule has 0 aliphatic carbocycles. The minimum atomic E-state index is -3.40. The van der Waals surface area contributed by atoms with Gasteiger partial charge in [-0.05, 0) is 38.5 Å². The fourth-order valence-corrected chi connectivity index (χ4v) is 3.76. The Morgan fingerprint density at radius 2 is 1.81 bits per heavy atom. The van der Waals surface area contributed by atoms with Crippen molar-refractivity contribution in [2.45, 2.75) is 32.0 Å². The quantitative estimate of drug-likeness (QED) is 0.552. The zero-order valence-electron chi connectivity index (χ0n) is 15.1. The maximum atomic E-state index is 12.2. The summed E-state index contributed by atoms with van der Waals surface area (Å²) < 4.78 is 25.5. The average molecular weight is 395 g/mol. The van der Waals surface area contributed by atoms with Gasteiger partial charge in [0.05, 0.1) is 23.7 Å². The van der Waals surface area contributed by atoms with Crippen LogP contribution in [0, 0.1) is 13.8 Å². The largest absolute Gasteiger partial charge is 0.349 e. The van der Waals surface area contributed by atoms with E-state index < -0.39 is 10.0 Å². The Morgan fingerprint density at radius 1 is 1.19 bits per heavy atom. The van der Waals surface area contributed by atoms with E-state index in [1.165, 1.54) is 11.8 Å². The van der Waals surface area contributed by atoms with E-state index >= 15 is 0 Å². The van der Waals surface area contributed by atoms with Crippen molar-refractivity contribution in [1.82, 2.24) is 15.3 Å². The van der Waals surface area contributed by atoms with Crippen molar-refractivity contribution in [1.29, 1.82) is 0 Å². The van der Waals surface area contributed by atoms with Gasteiger partial charge in [0.15, 0.2) is 5.16 Å². The molecule has 1 heterocycles. The molecule has 0 aliphatic heterocycles. The molecule has 0 saturated carbocycles. The first kappa shape index (κ1) is 20.2. The number of hydrogen-bond donors (Lipinski definition) is 2. The fraction of sp³-hybridized carbons (Fsp3) is 0.353. The first-order valence-corrected chi connectivity index (χ1v) is 10.8. The number of carbonyl (C=O) groups excluding carboxylic acids is 1. The third kappa shape index (κ3) is 6.30. The number of nitrogens with zero attached hydrogens (tertiary/aromatic N) is 2. The van der Waals surface area contributed by atoms with E-state index in [-0.39, 0.29) is 17.7 Å². The Labute approximate surface area is 158 Å². The minimum Gasteiger partial charge on any atom is -0.349 e. The van der Waals surface area contributed by atoms with E-state index in [4.69, 9.17) is 0 Å². The third-order valence-electron chi connectivity index (χ3n) is 3.39. The van der Waals surface area contributed by atoms with E-state index in [0.717, 1.165) is 17.6 Å². The Morgan fingerprint density at radius 3 is 2.42 bits per heavy atom. The molecule has 2 rings (SSSR count). The van der Waals surface area contributed by atoms with Crippen LogP contribution in [0.4, 0.5) is 5.69 Å². The number of rotatable bonds is 7. The van der Waals surface area contributed by atoms with Gasteiger partial charge in [0, 0.05) is 11.4 Å². The lowest BCUT2D eigenvalue weighted by molar-refractivity contribution is -0.119. The van der Waals surface area contributed by atoms with Crippen LogP contribution in [0.2, 0.25) is 0 Å². The molecular formula is C17H22N4O3S2. The molecule has 1 atom stereocenters. The zero-order valence-corrected chi connectivity index (χ0v) is 16.7. The average Bonchev–Trinajstić information content (AvgIpc) is 2.51. The second-order valence-corrected chi connectivity index (χ2v) is 8.66. The molecule has 0 radical (unpaired) electrons. The molecule has 0 bridgehead atoms. The van der Waals surface area contributed by atoms with Gasteiger partial charge in [-0.2, -0.15) is 0 Å². The van der Waals surface area contributed by atoms with Gasteiger partial charge in [-0.1, -0.05) is 30.0 Å². The summed E-state index contributed by atoms with van der Waals surface area (Å²) >= 11 is 1.26. The van der Waals surface area contributed by atoms with Gasteiger partial charge in [-0.25, -0.2) is 18.4 Å². The molecule has 26 heavy (non-hydrogen) atoms. The molecule has 2 aromatic rings. The standard InChI is InChI=1S/C17H22N4O3S2/c1-11-9-12(2)19-17(18-11)25-10-16(22)20-13(3)14-7-5-6-8-15(14)21-26(4,23)24/h5-9,13,21H,10H2,1-4H3,(H,20,22). The number of para-hydroxylation sites is 1. The molecule has 1 aromatic carbocycles. The third-order valence-corrected chi connectivity index (χ3v) is 4.83. The monoisotopic (exact) mass is 394 g/mol. The number of benzene rings is 1. The van der Waals surface area contributed by atoms with Crippen molar-refractivity contribution in [2.75, 3.05) is 16.7 Å². The van der Waals surface area contributed by atoms with E-state index in [0.29, 0.717) is 16.4 Å². The number of thioether (sulfide) groups is 1. The lowest BCUT2D eigenvalue weighted by Gasteiger charge is -2.18. The highest BCUT2D eigenvalue weighted by Gasteiger charge is 2.15. The van der Waals surface area contributed by atoms with Crippen LogP contribution in [0.1, 0.15) is 29.9 Å². The molecular weight excluding hydrogens is 372 g/mol. The van der Waals surface area contributed by atoms with Crippen LogP contribution < -0.4 is 10.0 Å². The number of carbonyl (C=O) groups is 1. The summed E-state index contributed by atoms with van der Waals surface area (Å²) in [4.78, 5) is 20.8. The maximum Gasteiger partial charge on any atom is 0.230 e. The second kappa shape index (κ2) is 8.50. The summed E-state index contributed by atoms with van der Waals surface area (Å²) in [6.07, 6.45) is 1.09. The lowest BCUT2D eigenvalue weighted by Crippen LogP contribution is -2.29. The van der Waals surface area contributed by atoms with Crippen molar-refractivity contribution in [2.24, 2.45) is 0 Å². The van der Waals surface area contributed by atoms with Gasteiger partial charge in [0.25, 0.3) is 0 Å². The van der Waals surface area contributed by atoms with Crippen LogP contribution in [-0.2, 0) is 14.8 Å². The van der Waals surface area contributed by atoms with Crippen molar-refractivity contribution < 1.29 is 13.2 Å². The number of nitrogens with one attached hydrogen (secondary N) is 2. The molecule has 0 fully saturated rings. The number of hydrogen-bond acceptors (Lipinski definition) is 6. The molecule has 0 saturated heterocycles. The fourth-order valence-electron chi connectivity index (χ4n) is 2.42. The Hall–Kier alpha value is -2.13. The number of aromatic nitrogens is 2. The van der Waals surface area contributed by atoms with E-state index in [2.05, 4.69) is 20.0 Å². The Balaban J connectivity index is 2.01. The summed E-state index contributed by atoms with van der Waals surface area (Å²) in [5, 5.41) is 3.43. The van der Waals surface area contributed by atoms with Crippen LogP contribution in [0.5, 0.6) is 0 Å². The Bertz CT molecular complexity index is 880. The molecule has 1 aromatic heterocycles. The van der Waals surface area contributed by atoms with Crippen LogP contribution in [-0.4, -0.2) is 36.3 Å². The summed E-state index contributed by atoms with van der Waals surface area (Å²) in [7, 11) is -3.40. The normalized spacial score (nSPS) is 12.5. The van der Waals surface area contributed by atoms with Crippen LogP contribution in [0.25, 0.3) is 0 Å². The molecule has 1 unspecified atom stereocenters. The molecule has 2 N–H and O–H groups in total. The maximum absolute atomic E-state index is 12.2. The molecule has 1 amide bonds. The van der Waals surface area contributed by atoms with Gasteiger partial charge >= 0.3 is 0 Å². The second-order valence-electron chi connectivity index (χ2n) is 5.97. The Kier molecular flexibility index (Phi) is 6.60. The van der Waals surface area contributed by atoms with Gasteiger partial charge in [0.2, 0.25) is 15.9 Å². The first-order chi connectivity index (χ1) is 12.1. The predicted octanol–water partition coefficient (Wildman–Crippen LogP) is 2.43. The van der Waals surface area contributed by atoms with Crippen molar-refractivity contribution in [3.8, 4) is 0 Å². The van der Waals surface area contributed by atoms with Crippen molar-refractivity contribution in [3.05, 3.63) is 47.3 Å². The summed E-state index contributed by atoms with van der Waals surface area (Å²) in [6, 6.07) is 8.49. The molecule has 7 nitrogen and oxygen atoms in total. The van der Waals surface area contributed by atoms with E-state index in [1.807, 2.05) is 19.9 Å². The predicted molar refractivity (Wildman–Crippen MR) is 104 cm³/mol. The number of anilines is 1. The topological polar surface area (TPSA) is 101 Å². The molecule has 9 heteroatoms. The van der Waals surface area contributed by atoms with Crippen molar-refractivity contribution in [3.63, 3.8) is 0 Å². The molecule has 0 aliphatic rings. The van der Waals surface area contributed by atoms with E-state index in [9.17, 15) is 13.2 Å². The van der Waals surface area contributed by atoms with Gasteiger partial charge < -0.3 is 5.32 Å². The van der Waals surface area contributed by atoms with Crippen LogP contribution in [0.15, 0.2) is 35.5 Å². The summed E-state index contributed by atoms with van der Waals surface area (Å²) in [5.41, 5.74) is 2.86.